The summed E-state index contributed by atoms with van der Waals surface area (Å²) < 4.78 is 0. The topological polar surface area (TPSA) is 84.1 Å². The minimum absolute atomic E-state index is 0.00815. The molecule has 1 saturated carbocycles. The van der Waals surface area contributed by atoms with Gasteiger partial charge in [0.2, 0.25) is 0 Å². The number of piperidine rings is 1. The minimum Gasteiger partial charge on any atom is -0.334 e. The second kappa shape index (κ2) is 5.75. The molecule has 108 valence electrons. The van der Waals surface area contributed by atoms with Crippen LogP contribution < -0.4 is 11.3 Å². The fourth-order valence-corrected chi connectivity index (χ4v) is 3.56. The van der Waals surface area contributed by atoms with E-state index in [-0.39, 0.29) is 5.91 Å². The van der Waals surface area contributed by atoms with Gasteiger partial charge in [-0.3, -0.25) is 9.78 Å². The van der Waals surface area contributed by atoms with Crippen molar-refractivity contribution in [2.75, 3.05) is 12.0 Å². The lowest BCUT2D eigenvalue weighted by Crippen LogP contribution is -2.49. The highest BCUT2D eigenvalue weighted by atomic mass is 16.2. The number of likely N-dealkylation sites (tertiary alicyclic amines) is 1. The molecule has 1 aromatic heterocycles. The average molecular weight is 275 g/mol. The molecule has 3 rings (SSSR count). The first-order chi connectivity index (χ1) is 9.79. The fraction of sp³-hybridized carbons (Fsp3) is 0.643. The van der Waals surface area contributed by atoms with Crippen LogP contribution in [0.5, 0.6) is 0 Å². The predicted octanol–water partition coefficient (Wildman–Crippen LogP) is 1.56. The third-order valence-electron chi connectivity index (χ3n) is 4.51. The monoisotopic (exact) mass is 275 g/mol. The highest BCUT2D eigenvalue weighted by molar-refractivity contribution is 5.92. The van der Waals surface area contributed by atoms with Gasteiger partial charge in [-0.15, -0.1) is 0 Å². The predicted molar refractivity (Wildman–Crippen MR) is 75.9 cm³/mol. The molecular formula is C14H21N5O. The Labute approximate surface area is 118 Å². The van der Waals surface area contributed by atoms with Crippen molar-refractivity contribution in [1.29, 1.82) is 0 Å². The number of nitrogens with two attached hydrogens (primary N) is 1. The number of nitrogens with one attached hydrogen (secondary N) is 1. The lowest BCUT2D eigenvalue weighted by molar-refractivity contribution is 0.0385. The zero-order chi connectivity index (χ0) is 13.9. The van der Waals surface area contributed by atoms with Gasteiger partial charge in [0, 0.05) is 12.6 Å². The van der Waals surface area contributed by atoms with Crippen molar-refractivity contribution >= 4 is 11.7 Å². The molecule has 0 radical (unpaired) electrons. The van der Waals surface area contributed by atoms with Crippen molar-refractivity contribution in [2.45, 2.75) is 44.6 Å². The van der Waals surface area contributed by atoms with E-state index in [1.165, 1.54) is 38.1 Å². The number of hydrazine groups is 1. The van der Waals surface area contributed by atoms with Crippen molar-refractivity contribution in [3.05, 3.63) is 18.1 Å². The molecule has 20 heavy (non-hydrogen) atoms. The second-order valence-corrected chi connectivity index (χ2v) is 5.69. The molecule has 3 N–H and O–H groups in total. The van der Waals surface area contributed by atoms with E-state index in [2.05, 4.69) is 15.4 Å². The maximum Gasteiger partial charge on any atom is 0.274 e. The third kappa shape index (κ3) is 2.47. The zero-order valence-electron chi connectivity index (χ0n) is 11.6. The highest BCUT2D eigenvalue weighted by Crippen LogP contribution is 2.35. The molecule has 0 aromatic carbocycles. The summed E-state index contributed by atoms with van der Waals surface area (Å²) in [4.78, 5) is 22.9. The highest BCUT2D eigenvalue weighted by Gasteiger charge is 2.36. The second-order valence-electron chi connectivity index (χ2n) is 5.69. The van der Waals surface area contributed by atoms with E-state index in [1.807, 2.05) is 4.90 Å². The molecule has 1 aromatic rings. The van der Waals surface area contributed by atoms with Crippen LogP contribution in [0.15, 0.2) is 12.4 Å². The Balaban J connectivity index is 1.81. The van der Waals surface area contributed by atoms with Crippen LogP contribution in [-0.4, -0.2) is 33.4 Å². The van der Waals surface area contributed by atoms with Crippen LogP contribution in [0.25, 0.3) is 0 Å². The Bertz CT molecular complexity index is 490. The lowest BCUT2D eigenvalue weighted by atomic mass is 9.78. The van der Waals surface area contributed by atoms with Gasteiger partial charge in [0.15, 0.2) is 5.82 Å². The minimum atomic E-state index is -0.00815. The Morgan fingerprint density at radius 2 is 2.05 bits per heavy atom. The van der Waals surface area contributed by atoms with E-state index in [9.17, 15) is 4.79 Å². The smallest absolute Gasteiger partial charge is 0.274 e. The Kier molecular flexibility index (Phi) is 3.82. The number of nitrogens with zero attached hydrogens (tertiary/aromatic N) is 3. The molecule has 0 unspecified atom stereocenters. The number of hydrogen-bond donors (Lipinski definition) is 2. The van der Waals surface area contributed by atoms with Crippen LogP contribution in [0.4, 0.5) is 5.82 Å². The van der Waals surface area contributed by atoms with Gasteiger partial charge in [-0.2, -0.15) is 0 Å². The van der Waals surface area contributed by atoms with Crippen LogP contribution in [-0.2, 0) is 0 Å². The maximum atomic E-state index is 12.7. The van der Waals surface area contributed by atoms with E-state index >= 15 is 0 Å². The van der Waals surface area contributed by atoms with Crippen molar-refractivity contribution in [1.82, 2.24) is 14.9 Å². The quantitative estimate of drug-likeness (QED) is 0.632. The molecule has 0 bridgehead atoms. The Morgan fingerprint density at radius 1 is 1.25 bits per heavy atom. The normalized spacial score (nSPS) is 25.9. The SMILES string of the molecule is NNc1cncc(C(=O)N2CCC[C@H]3CCCC[C@H]32)n1. The molecule has 1 saturated heterocycles. The lowest BCUT2D eigenvalue weighted by Gasteiger charge is -2.44. The maximum absolute atomic E-state index is 12.7. The number of aromatic nitrogens is 2. The van der Waals surface area contributed by atoms with Gasteiger partial charge in [-0.1, -0.05) is 12.8 Å². The van der Waals surface area contributed by atoms with Crippen LogP contribution in [0.1, 0.15) is 49.0 Å². The van der Waals surface area contributed by atoms with Crippen molar-refractivity contribution < 1.29 is 4.79 Å². The molecule has 2 atom stereocenters. The number of carbonyl (C=O) groups is 1. The average Bonchev–Trinajstić information content (AvgIpc) is 2.53. The molecule has 2 heterocycles. The summed E-state index contributed by atoms with van der Waals surface area (Å²) in [5.41, 5.74) is 2.82. The first kappa shape index (κ1) is 13.3. The molecule has 6 nitrogen and oxygen atoms in total. The van der Waals surface area contributed by atoms with E-state index in [0.717, 1.165) is 19.4 Å². The number of hydrogen-bond acceptors (Lipinski definition) is 5. The van der Waals surface area contributed by atoms with Crippen LogP contribution in [0.2, 0.25) is 0 Å². The molecule has 0 spiro atoms. The summed E-state index contributed by atoms with van der Waals surface area (Å²) in [6.07, 6.45) is 10.3. The number of nitrogen functional groups attached to an aromatic ring is 1. The van der Waals surface area contributed by atoms with Crippen LogP contribution in [0, 0.1) is 5.92 Å². The number of amides is 1. The van der Waals surface area contributed by atoms with Gasteiger partial charge < -0.3 is 10.3 Å². The van der Waals surface area contributed by atoms with Gasteiger partial charge in [0.25, 0.3) is 5.91 Å². The molecule has 1 aliphatic carbocycles. The summed E-state index contributed by atoms with van der Waals surface area (Å²) in [6, 6.07) is 0.390. The number of anilines is 1. The molecular weight excluding hydrogens is 254 g/mol. The summed E-state index contributed by atoms with van der Waals surface area (Å²) in [5, 5.41) is 0. The Morgan fingerprint density at radius 3 is 2.90 bits per heavy atom. The van der Waals surface area contributed by atoms with Gasteiger partial charge >= 0.3 is 0 Å². The van der Waals surface area contributed by atoms with E-state index in [0.29, 0.717) is 23.5 Å². The number of rotatable bonds is 2. The van der Waals surface area contributed by atoms with E-state index in [1.54, 1.807) is 0 Å². The third-order valence-corrected chi connectivity index (χ3v) is 4.51. The van der Waals surface area contributed by atoms with Crippen LogP contribution >= 0.6 is 0 Å². The summed E-state index contributed by atoms with van der Waals surface area (Å²) in [6.45, 7) is 0.835. The van der Waals surface area contributed by atoms with Crippen LogP contribution in [0.3, 0.4) is 0 Å². The fourth-order valence-electron chi connectivity index (χ4n) is 3.56. The van der Waals surface area contributed by atoms with Gasteiger partial charge in [-0.25, -0.2) is 10.8 Å². The van der Waals surface area contributed by atoms with Gasteiger partial charge in [0.1, 0.15) is 5.69 Å². The first-order valence-electron chi connectivity index (χ1n) is 7.39. The zero-order valence-corrected chi connectivity index (χ0v) is 11.6. The molecule has 6 heteroatoms. The summed E-state index contributed by atoms with van der Waals surface area (Å²) in [7, 11) is 0. The van der Waals surface area contributed by atoms with Crippen molar-refractivity contribution in [3.8, 4) is 0 Å². The van der Waals surface area contributed by atoms with Gasteiger partial charge in [0.05, 0.1) is 12.4 Å². The summed E-state index contributed by atoms with van der Waals surface area (Å²) >= 11 is 0. The van der Waals surface area contributed by atoms with Crippen molar-refractivity contribution in [3.63, 3.8) is 0 Å². The molecule has 1 aliphatic heterocycles. The Hall–Kier alpha value is -1.69. The van der Waals surface area contributed by atoms with E-state index < -0.39 is 0 Å². The van der Waals surface area contributed by atoms with Crippen molar-refractivity contribution in [2.24, 2.45) is 11.8 Å². The summed E-state index contributed by atoms with van der Waals surface area (Å²) in [5.74, 6) is 6.41. The number of fused-ring (bicyclic) bond motifs is 1. The largest absolute Gasteiger partial charge is 0.334 e. The first-order valence-corrected chi connectivity index (χ1v) is 7.39. The number of carbonyl (C=O) groups excluding carboxylic acids is 1. The standard InChI is InChI=1S/C14H21N5O/c15-18-13-9-16-8-11(17-13)14(20)19-7-3-5-10-4-1-2-6-12(10)19/h8-10,12H,1-7,15H2,(H,17,18)/t10-,12-/m1/s1. The molecule has 2 aliphatic rings. The molecule has 1 amide bonds. The van der Waals surface area contributed by atoms with Gasteiger partial charge in [-0.05, 0) is 31.6 Å². The molecule has 2 fully saturated rings. The van der Waals surface area contributed by atoms with E-state index in [4.69, 9.17) is 5.84 Å².